The van der Waals surface area contributed by atoms with Crippen LogP contribution in [0.15, 0.2) is 22.7 Å². The van der Waals surface area contributed by atoms with Crippen molar-refractivity contribution in [2.24, 2.45) is 0 Å². The van der Waals surface area contributed by atoms with Gasteiger partial charge in [-0.15, -0.1) is 0 Å². The molecule has 0 amide bonds. The second-order valence-electron chi connectivity index (χ2n) is 3.10. The Labute approximate surface area is 87.8 Å². The van der Waals surface area contributed by atoms with Crippen LogP contribution in [0.5, 0.6) is 5.75 Å². The molecule has 0 aliphatic heterocycles. The van der Waals surface area contributed by atoms with Gasteiger partial charge >= 0.3 is 6.18 Å². The summed E-state index contributed by atoms with van der Waals surface area (Å²) in [5.41, 5.74) is 5.74. The highest BCUT2D eigenvalue weighted by atomic mass is 19.4. The molecule has 0 spiro atoms. The molecule has 0 atom stereocenters. The van der Waals surface area contributed by atoms with Gasteiger partial charge in [-0.05, 0) is 12.1 Å². The minimum absolute atomic E-state index is 0.00720. The van der Waals surface area contributed by atoms with Gasteiger partial charge in [0.25, 0.3) is 0 Å². The highest BCUT2D eigenvalue weighted by Crippen LogP contribution is 2.31. The lowest BCUT2D eigenvalue weighted by Crippen LogP contribution is -2.19. The van der Waals surface area contributed by atoms with Crippen molar-refractivity contribution in [1.82, 2.24) is 5.16 Å². The SMILES string of the molecule is Nc1noc2cccc(OCC(F)(F)F)c12. The van der Waals surface area contributed by atoms with Gasteiger partial charge in [-0.25, -0.2) is 0 Å². The van der Waals surface area contributed by atoms with Gasteiger partial charge < -0.3 is 15.0 Å². The number of nitrogens with two attached hydrogens (primary N) is 1. The predicted molar refractivity (Wildman–Crippen MR) is 50.0 cm³/mol. The average Bonchev–Trinajstić information content (AvgIpc) is 2.57. The number of hydrogen-bond donors (Lipinski definition) is 1. The van der Waals surface area contributed by atoms with Crippen LogP contribution in [0.1, 0.15) is 0 Å². The molecule has 4 nitrogen and oxygen atoms in total. The monoisotopic (exact) mass is 232 g/mol. The van der Waals surface area contributed by atoms with Gasteiger partial charge in [-0.1, -0.05) is 11.2 Å². The number of anilines is 1. The summed E-state index contributed by atoms with van der Waals surface area (Å²) in [5, 5.41) is 3.70. The molecule has 1 aromatic carbocycles. The fourth-order valence-corrected chi connectivity index (χ4v) is 1.26. The van der Waals surface area contributed by atoms with Gasteiger partial charge in [-0.3, -0.25) is 0 Å². The molecule has 0 bridgehead atoms. The number of ether oxygens (including phenoxy) is 1. The zero-order valence-corrected chi connectivity index (χ0v) is 7.91. The summed E-state index contributed by atoms with van der Waals surface area (Å²) in [6.07, 6.45) is -4.39. The van der Waals surface area contributed by atoms with Crippen molar-refractivity contribution in [2.75, 3.05) is 12.3 Å². The van der Waals surface area contributed by atoms with Crippen LogP contribution < -0.4 is 10.5 Å². The lowest BCUT2D eigenvalue weighted by Gasteiger charge is -2.09. The number of fused-ring (bicyclic) bond motifs is 1. The van der Waals surface area contributed by atoms with Crippen LogP contribution in [0.4, 0.5) is 19.0 Å². The van der Waals surface area contributed by atoms with E-state index in [4.69, 9.17) is 10.3 Å². The van der Waals surface area contributed by atoms with Crippen molar-refractivity contribution in [3.05, 3.63) is 18.2 Å². The van der Waals surface area contributed by atoms with Crippen molar-refractivity contribution in [2.45, 2.75) is 6.18 Å². The molecule has 86 valence electrons. The Morgan fingerprint density at radius 1 is 1.38 bits per heavy atom. The van der Waals surface area contributed by atoms with Crippen molar-refractivity contribution in [1.29, 1.82) is 0 Å². The molecule has 16 heavy (non-hydrogen) atoms. The second-order valence-corrected chi connectivity index (χ2v) is 3.10. The summed E-state index contributed by atoms with van der Waals surface area (Å²) in [7, 11) is 0. The third-order valence-electron chi connectivity index (χ3n) is 1.88. The van der Waals surface area contributed by atoms with E-state index in [1.54, 1.807) is 6.07 Å². The molecule has 1 aromatic heterocycles. The Morgan fingerprint density at radius 3 is 2.81 bits per heavy atom. The minimum Gasteiger partial charge on any atom is -0.483 e. The molecule has 2 rings (SSSR count). The Hall–Kier alpha value is -1.92. The normalized spacial score (nSPS) is 11.9. The van der Waals surface area contributed by atoms with Crippen molar-refractivity contribution in [3.63, 3.8) is 0 Å². The molecule has 2 aromatic rings. The van der Waals surface area contributed by atoms with E-state index in [0.29, 0.717) is 0 Å². The van der Waals surface area contributed by atoms with Crippen molar-refractivity contribution < 1.29 is 22.4 Å². The number of hydrogen-bond acceptors (Lipinski definition) is 4. The first-order valence-electron chi connectivity index (χ1n) is 4.31. The predicted octanol–water partition coefficient (Wildman–Crippen LogP) is 2.35. The summed E-state index contributed by atoms with van der Waals surface area (Å²) in [5.74, 6) is 0.0151. The van der Waals surface area contributed by atoms with Gasteiger partial charge in [0.05, 0.1) is 0 Å². The third-order valence-corrected chi connectivity index (χ3v) is 1.88. The molecule has 1 heterocycles. The van der Waals surface area contributed by atoms with Crippen molar-refractivity contribution in [3.8, 4) is 5.75 Å². The number of benzene rings is 1. The number of rotatable bonds is 2. The van der Waals surface area contributed by atoms with Crippen LogP contribution in [-0.2, 0) is 0 Å². The molecule has 0 aliphatic carbocycles. The van der Waals surface area contributed by atoms with Crippen LogP contribution in [0, 0.1) is 0 Å². The zero-order chi connectivity index (χ0) is 11.8. The molecule has 0 unspecified atom stereocenters. The van der Waals surface area contributed by atoms with E-state index >= 15 is 0 Å². The van der Waals surface area contributed by atoms with Crippen LogP contribution in [0.2, 0.25) is 0 Å². The molecular formula is C9H7F3N2O2. The first-order chi connectivity index (χ1) is 7.47. The number of alkyl halides is 3. The molecule has 0 saturated carbocycles. The maximum absolute atomic E-state index is 12.0. The number of halogens is 3. The Bertz CT molecular complexity index is 507. The number of nitrogen functional groups attached to an aromatic ring is 1. The van der Waals surface area contributed by atoms with E-state index in [9.17, 15) is 13.2 Å². The van der Waals surface area contributed by atoms with E-state index in [0.717, 1.165) is 0 Å². The first kappa shape index (κ1) is 10.6. The molecular weight excluding hydrogens is 225 g/mol. The minimum atomic E-state index is -4.39. The van der Waals surface area contributed by atoms with Gasteiger partial charge in [0.1, 0.15) is 11.1 Å². The van der Waals surface area contributed by atoms with E-state index in [-0.39, 0.29) is 22.5 Å². The van der Waals surface area contributed by atoms with E-state index in [2.05, 4.69) is 9.89 Å². The summed E-state index contributed by atoms with van der Waals surface area (Å²) in [6, 6.07) is 4.42. The van der Waals surface area contributed by atoms with E-state index < -0.39 is 12.8 Å². The van der Waals surface area contributed by atoms with Gasteiger partial charge in [0.2, 0.25) is 0 Å². The lowest BCUT2D eigenvalue weighted by atomic mass is 10.2. The number of nitrogens with zero attached hydrogens (tertiary/aromatic N) is 1. The highest BCUT2D eigenvalue weighted by molar-refractivity contribution is 5.92. The molecule has 0 aliphatic rings. The van der Waals surface area contributed by atoms with Crippen LogP contribution in [-0.4, -0.2) is 17.9 Å². The van der Waals surface area contributed by atoms with Crippen LogP contribution in [0.25, 0.3) is 11.0 Å². The van der Waals surface area contributed by atoms with Gasteiger partial charge in [0.15, 0.2) is 18.0 Å². The summed E-state index contributed by atoms with van der Waals surface area (Å²) < 4.78 is 45.3. The molecule has 7 heteroatoms. The lowest BCUT2D eigenvalue weighted by molar-refractivity contribution is -0.153. The fourth-order valence-electron chi connectivity index (χ4n) is 1.26. The summed E-state index contributed by atoms with van der Waals surface area (Å²) in [6.45, 7) is -1.38. The number of aromatic nitrogens is 1. The maximum Gasteiger partial charge on any atom is 0.422 e. The molecule has 0 fully saturated rings. The van der Waals surface area contributed by atoms with Gasteiger partial charge in [-0.2, -0.15) is 13.2 Å². The van der Waals surface area contributed by atoms with Gasteiger partial charge in [0, 0.05) is 0 Å². The fraction of sp³-hybridized carbons (Fsp3) is 0.222. The largest absolute Gasteiger partial charge is 0.483 e. The Balaban J connectivity index is 2.33. The van der Waals surface area contributed by atoms with E-state index in [1.807, 2.05) is 0 Å². The topological polar surface area (TPSA) is 61.3 Å². The van der Waals surface area contributed by atoms with Crippen LogP contribution in [0.3, 0.4) is 0 Å². The standard InChI is InChI=1S/C9H7F3N2O2/c10-9(11,12)4-15-5-2-1-3-6-7(5)8(13)14-16-6/h1-3H,4H2,(H2,13,14). The molecule has 2 N–H and O–H groups in total. The zero-order valence-electron chi connectivity index (χ0n) is 7.91. The first-order valence-corrected chi connectivity index (χ1v) is 4.31. The maximum atomic E-state index is 12.0. The average molecular weight is 232 g/mol. The highest BCUT2D eigenvalue weighted by Gasteiger charge is 2.29. The Morgan fingerprint density at radius 2 is 2.12 bits per heavy atom. The smallest absolute Gasteiger partial charge is 0.422 e. The summed E-state index contributed by atoms with van der Waals surface area (Å²) in [4.78, 5) is 0. The molecule has 0 saturated heterocycles. The van der Waals surface area contributed by atoms with Crippen molar-refractivity contribution >= 4 is 16.8 Å². The summed E-state index contributed by atoms with van der Waals surface area (Å²) >= 11 is 0. The quantitative estimate of drug-likeness (QED) is 0.863. The Kier molecular flexibility index (Phi) is 2.37. The van der Waals surface area contributed by atoms with Crippen LogP contribution >= 0.6 is 0 Å². The molecule has 0 radical (unpaired) electrons. The second kappa shape index (κ2) is 3.58. The van der Waals surface area contributed by atoms with E-state index in [1.165, 1.54) is 12.1 Å². The third kappa shape index (κ3) is 2.02.